The fraction of sp³-hybridized carbons (Fsp3) is 0.222. The zero-order valence-electron chi connectivity index (χ0n) is 38.7. The number of benzene rings is 6. The highest BCUT2D eigenvalue weighted by Gasteiger charge is 2.18. The van der Waals surface area contributed by atoms with Crippen molar-refractivity contribution in [3.63, 3.8) is 0 Å². The maximum atomic E-state index is 13.4. The number of nitrogens with one attached hydrogen (secondary N) is 4. The second-order valence-electron chi connectivity index (χ2n) is 16.8. The summed E-state index contributed by atoms with van der Waals surface area (Å²) in [6.45, 7) is 7.15. The van der Waals surface area contributed by atoms with Crippen LogP contribution in [0.2, 0.25) is 10.0 Å². The number of hydrazone groups is 2. The second-order valence-corrected chi connectivity index (χ2v) is 17.7. The molecule has 14 heteroatoms. The summed E-state index contributed by atoms with van der Waals surface area (Å²) in [6, 6.07) is 39.8. The smallest absolute Gasteiger partial charge is 0.273 e. The minimum absolute atomic E-state index is 0.193. The first-order valence-corrected chi connectivity index (χ1v) is 23.1. The number of amides is 4. The van der Waals surface area contributed by atoms with Gasteiger partial charge in [-0.25, -0.2) is 10.9 Å². The van der Waals surface area contributed by atoms with Crippen molar-refractivity contribution in [3.05, 3.63) is 199 Å². The van der Waals surface area contributed by atoms with E-state index in [9.17, 15) is 19.2 Å². The Morgan fingerprint density at radius 3 is 1.29 bits per heavy atom. The van der Waals surface area contributed by atoms with Crippen LogP contribution in [-0.4, -0.2) is 73.0 Å². The lowest BCUT2D eigenvalue weighted by Gasteiger charge is -2.18. The molecule has 0 saturated heterocycles. The second kappa shape index (κ2) is 25.3. The van der Waals surface area contributed by atoms with Crippen molar-refractivity contribution in [1.29, 1.82) is 0 Å². The number of hydrogen-bond donors (Lipinski definition) is 4. The molecule has 6 aromatic rings. The Morgan fingerprint density at radius 1 is 0.500 bits per heavy atom. The monoisotopic (exact) mass is 950 g/mol. The fourth-order valence-corrected chi connectivity index (χ4v) is 7.64. The lowest BCUT2D eigenvalue weighted by atomic mass is 10.1. The molecule has 6 rings (SSSR count). The third kappa shape index (κ3) is 15.8. The maximum Gasteiger partial charge on any atom is 0.273 e. The number of carbonyl (C=O) groups excluding carboxylic acids is 4. The van der Waals surface area contributed by atoms with Crippen LogP contribution in [0.15, 0.2) is 144 Å². The standard InChI is InChI=1S/C54H56Cl2N8O4/c1-37-15-19-39(20-16-37)33-57-61-53(67)47-31-45(55)23-25-49(47)59-51(65)43-13-9-11-41(29-43)35-63(3)27-7-5-6-8-28-64(4)36-42-12-10-14-44(30-42)52(66)60-50-26-24-46(56)32-48(50)54(68)62-58-34-40-21-17-38(2)18-22-40/h9-26,29-34H,5-8,27-28,35-36H2,1-4H3,(H,59,65)(H,60,66)(H,61,67)(H,62,68)/b57-33+,58-34+. The molecule has 0 aliphatic rings. The van der Waals surface area contributed by atoms with Gasteiger partial charge in [0.1, 0.15) is 0 Å². The number of rotatable bonds is 21. The molecule has 0 fully saturated rings. The molecule has 4 amide bonds. The highest BCUT2D eigenvalue weighted by Crippen LogP contribution is 2.24. The molecule has 0 spiro atoms. The van der Waals surface area contributed by atoms with Crippen molar-refractivity contribution in [2.45, 2.75) is 52.6 Å². The third-order valence-electron chi connectivity index (χ3n) is 11.0. The van der Waals surface area contributed by atoms with Gasteiger partial charge in [0.05, 0.1) is 34.9 Å². The molecule has 0 aromatic heterocycles. The summed E-state index contributed by atoms with van der Waals surface area (Å²) in [6.07, 6.45) is 7.32. The van der Waals surface area contributed by atoms with Gasteiger partial charge in [0, 0.05) is 34.3 Å². The average Bonchev–Trinajstić information content (AvgIpc) is 3.32. The van der Waals surface area contributed by atoms with Crippen molar-refractivity contribution in [2.75, 3.05) is 37.8 Å². The molecule has 0 heterocycles. The Bertz CT molecular complexity index is 2570. The molecule has 0 atom stereocenters. The maximum absolute atomic E-state index is 13.4. The Hall–Kier alpha value is -6.96. The van der Waals surface area contributed by atoms with Gasteiger partial charge < -0.3 is 20.4 Å². The highest BCUT2D eigenvalue weighted by atomic mass is 35.5. The van der Waals surface area contributed by atoms with E-state index in [0.717, 1.165) is 72.2 Å². The summed E-state index contributed by atoms with van der Waals surface area (Å²) in [4.78, 5) is 57.5. The summed E-state index contributed by atoms with van der Waals surface area (Å²) < 4.78 is 0. The third-order valence-corrected chi connectivity index (χ3v) is 11.4. The minimum Gasteiger partial charge on any atom is -0.321 e. The summed E-state index contributed by atoms with van der Waals surface area (Å²) in [5.41, 5.74) is 12.9. The SMILES string of the molecule is Cc1ccc(/C=N/NC(=O)c2cc(Cl)ccc2NC(=O)c2cccc(CN(C)CCCCCCN(C)Cc3cccc(C(=O)Nc4ccc(Cl)cc4C(=O)N/N=C/c4ccc(C)cc4)c3)c2)cc1. The number of unbranched alkanes of at least 4 members (excludes halogenated alkanes) is 3. The largest absolute Gasteiger partial charge is 0.321 e. The summed E-state index contributed by atoms with van der Waals surface area (Å²) in [5.74, 6) is -1.69. The Kier molecular flexibility index (Phi) is 18.7. The van der Waals surface area contributed by atoms with E-state index in [2.05, 4.69) is 55.6 Å². The van der Waals surface area contributed by atoms with Gasteiger partial charge in [-0.3, -0.25) is 19.2 Å². The van der Waals surface area contributed by atoms with E-state index in [-0.39, 0.29) is 22.9 Å². The molecule has 350 valence electrons. The first kappa shape index (κ1) is 50.5. The molecular weight excluding hydrogens is 896 g/mol. The van der Waals surface area contributed by atoms with Gasteiger partial charge in [0.15, 0.2) is 0 Å². The first-order chi connectivity index (χ1) is 32.8. The van der Waals surface area contributed by atoms with Crippen molar-refractivity contribution >= 4 is 70.6 Å². The molecule has 0 aliphatic carbocycles. The Morgan fingerprint density at radius 2 is 0.897 bits per heavy atom. The van der Waals surface area contributed by atoms with Crippen LogP contribution in [-0.2, 0) is 13.1 Å². The van der Waals surface area contributed by atoms with Crippen LogP contribution >= 0.6 is 23.2 Å². The predicted octanol–water partition coefficient (Wildman–Crippen LogP) is 10.8. The summed E-state index contributed by atoms with van der Waals surface area (Å²) in [7, 11) is 4.15. The van der Waals surface area contributed by atoms with Gasteiger partial charge in [0.2, 0.25) is 0 Å². The van der Waals surface area contributed by atoms with Crippen LogP contribution in [0.4, 0.5) is 11.4 Å². The van der Waals surface area contributed by atoms with Gasteiger partial charge in [-0.2, -0.15) is 10.2 Å². The number of aryl methyl sites for hydroxylation is 2. The van der Waals surface area contributed by atoms with Crippen molar-refractivity contribution in [1.82, 2.24) is 20.7 Å². The summed E-state index contributed by atoms with van der Waals surface area (Å²) >= 11 is 12.5. The van der Waals surface area contributed by atoms with Crippen LogP contribution in [0.3, 0.4) is 0 Å². The van der Waals surface area contributed by atoms with Crippen LogP contribution in [0.5, 0.6) is 0 Å². The molecule has 0 bridgehead atoms. The molecule has 0 unspecified atom stereocenters. The van der Waals surface area contributed by atoms with Gasteiger partial charge in [0.25, 0.3) is 23.6 Å². The van der Waals surface area contributed by atoms with Crippen molar-refractivity contribution in [2.24, 2.45) is 10.2 Å². The number of hydrogen-bond acceptors (Lipinski definition) is 8. The van der Waals surface area contributed by atoms with Gasteiger partial charge >= 0.3 is 0 Å². The van der Waals surface area contributed by atoms with Gasteiger partial charge in [-0.15, -0.1) is 0 Å². The highest BCUT2D eigenvalue weighted by molar-refractivity contribution is 6.31. The van der Waals surface area contributed by atoms with Crippen LogP contribution in [0, 0.1) is 13.8 Å². The number of nitrogens with zero attached hydrogens (tertiary/aromatic N) is 4. The van der Waals surface area contributed by atoms with Crippen molar-refractivity contribution < 1.29 is 19.2 Å². The zero-order valence-corrected chi connectivity index (χ0v) is 40.2. The number of carbonyl (C=O) groups is 4. The van der Waals surface area contributed by atoms with Crippen LogP contribution < -0.4 is 21.5 Å². The predicted molar refractivity (Wildman–Crippen MR) is 275 cm³/mol. The molecule has 6 aromatic carbocycles. The lowest BCUT2D eigenvalue weighted by molar-refractivity contribution is 0.0947. The normalized spacial score (nSPS) is 11.4. The molecule has 4 N–H and O–H groups in total. The molecule has 0 aliphatic heterocycles. The van der Waals surface area contributed by atoms with E-state index in [1.54, 1.807) is 48.8 Å². The quantitative estimate of drug-likeness (QED) is 0.0321. The Labute approximate surface area is 408 Å². The molecule has 0 saturated carbocycles. The topological polar surface area (TPSA) is 148 Å². The van der Waals surface area contributed by atoms with E-state index in [1.807, 2.05) is 98.8 Å². The number of anilines is 2. The van der Waals surface area contributed by atoms with E-state index in [1.165, 1.54) is 12.1 Å². The van der Waals surface area contributed by atoms with E-state index in [0.29, 0.717) is 45.6 Å². The van der Waals surface area contributed by atoms with Gasteiger partial charge in [-0.05, 0) is 137 Å². The van der Waals surface area contributed by atoms with E-state index in [4.69, 9.17) is 23.2 Å². The molecule has 0 radical (unpaired) electrons. The Balaban J connectivity index is 0.905. The van der Waals surface area contributed by atoms with Gasteiger partial charge in [-0.1, -0.05) is 120 Å². The minimum atomic E-state index is -0.504. The first-order valence-electron chi connectivity index (χ1n) is 22.4. The molecular formula is C54H56Cl2N8O4. The lowest BCUT2D eigenvalue weighted by Crippen LogP contribution is -2.22. The zero-order chi connectivity index (χ0) is 48.4. The van der Waals surface area contributed by atoms with Crippen LogP contribution in [0.25, 0.3) is 0 Å². The molecule has 68 heavy (non-hydrogen) atoms. The van der Waals surface area contributed by atoms with Crippen LogP contribution in [0.1, 0.15) is 100 Å². The van der Waals surface area contributed by atoms with E-state index >= 15 is 0 Å². The van der Waals surface area contributed by atoms with E-state index < -0.39 is 11.8 Å². The molecule has 12 nitrogen and oxygen atoms in total. The number of halogens is 2. The average molecular weight is 952 g/mol. The fourth-order valence-electron chi connectivity index (χ4n) is 7.29. The van der Waals surface area contributed by atoms with Crippen molar-refractivity contribution in [3.8, 4) is 0 Å². The summed E-state index contributed by atoms with van der Waals surface area (Å²) in [5, 5.41) is 14.6.